The van der Waals surface area contributed by atoms with Crippen molar-refractivity contribution in [1.82, 2.24) is 0 Å². The molecule has 0 aliphatic heterocycles. The number of rotatable bonds is 2. The van der Waals surface area contributed by atoms with Crippen molar-refractivity contribution in [2.24, 2.45) is 0 Å². The molecule has 1 aromatic heterocycles. The molecule has 2 nitrogen and oxygen atoms in total. The Balaban J connectivity index is 2.14. The second-order valence-corrected chi connectivity index (χ2v) is 4.63. The van der Waals surface area contributed by atoms with E-state index >= 15 is 0 Å². The molecule has 3 heteroatoms. The number of fused-ring (bicyclic) bond motifs is 1. The van der Waals surface area contributed by atoms with Gasteiger partial charge in [-0.15, -0.1) is 0 Å². The highest BCUT2D eigenvalue weighted by Crippen LogP contribution is 2.29. The third-order valence-electron chi connectivity index (χ3n) is 3.32. The molecule has 0 saturated carbocycles. The van der Waals surface area contributed by atoms with Gasteiger partial charge in [0, 0.05) is 5.39 Å². The van der Waals surface area contributed by atoms with E-state index < -0.39 is 0 Å². The van der Waals surface area contributed by atoms with Gasteiger partial charge in [0.1, 0.15) is 11.6 Å². The van der Waals surface area contributed by atoms with Crippen LogP contribution in [0.2, 0.25) is 0 Å². The fourth-order valence-electron chi connectivity index (χ4n) is 2.25. The molecule has 2 aromatic carbocycles. The number of hydrogen-bond donors (Lipinski definition) is 0. The Kier molecular flexibility index (Phi) is 3.11. The van der Waals surface area contributed by atoms with Crippen LogP contribution >= 0.6 is 0 Å². The summed E-state index contributed by atoms with van der Waals surface area (Å²) in [5, 5.41) is 1.75. The number of ether oxygens (including phenoxy) is 1. The zero-order valence-corrected chi connectivity index (χ0v) is 11.3. The van der Waals surface area contributed by atoms with Gasteiger partial charge in [-0.1, -0.05) is 6.07 Å². The van der Waals surface area contributed by atoms with Gasteiger partial charge in [-0.25, -0.2) is 8.81 Å². The highest BCUT2D eigenvalue weighted by Gasteiger charge is 2.17. The van der Waals surface area contributed by atoms with Gasteiger partial charge in [0.15, 0.2) is 0 Å². The average molecular weight is 269 g/mol. The Bertz CT molecular complexity index is 764. The summed E-state index contributed by atoms with van der Waals surface area (Å²) in [6.45, 7) is 1.84. The summed E-state index contributed by atoms with van der Waals surface area (Å²) < 4.78 is 24.2. The molecule has 0 unspecified atom stereocenters. The molecule has 0 N–H and O–H groups in total. The molecule has 3 rings (SSSR count). The predicted octanol–water partition coefficient (Wildman–Crippen LogP) is 4.84. The maximum atomic E-state index is 13.3. The zero-order valence-electron chi connectivity index (χ0n) is 11.3. The van der Waals surface area contributed by atoms with E-state index in [-0.39, 0.29) is 5.82 Å². The van der Waals surface area contributed by atoms with Crippen LogP contribution in [-0.2, 0) is 0 Å². The van der Waals surface area contributed by atoms with E-state index in [0.717, 1.165) is 27.8 Å². The molecule has 0 amide bonds. The highest BCUT2D eigenvalue weighted by molar-refractivity contribution is 5.86. The summed E-state index contributed by atoms with van der Waals surface area (Å²) in [7, 11) is 1.63. The zero-order chi connectivity index (χ0) is 14.1. The largest absolute Gasteiger partial charge is 0.497 e. The molecule has 0 radical (unpaired) electrons. The van der Waals surface area contributed by atoms with E-state index in [4.69, 9.17) is 9.15 Å². The van der Waals surface area contributed by atoms with Crippen LogP contribution in [0.4, 0.5) is 4.39 Å². The minimum Gasteiger partial charge on any atom is -0.497 e. The van der Waals surface area contributed by atoms with Crippen molar-refractivity contribution in [1.29, 1.82) is 0 Å². The number of hydrogen-bond acceptors (Lipinski definition) is 1. The van der Waals surface area contributed by atoms with Crippen LogP contribution in [0.5, 0.6) is 5.75 Å². The molecular weight excluding hydrogens is 255 g/mol. The predicted molar refractivity (Wildman–Crippen MR) is 77.3 cm³/mol. The van der Waals surface area contributed by atoms with Crippen molar-refractivity contribution in [3.05, 3.63) is 60.1 Å². The van der Waals surface area contributed by atoms with E-state index in [1.807, 2.05) is 37.3 Å². The molecule has 20 heavy (non-hydrogen) atoms. The van der Waals surface area contributed by atoms with Crippen molar-refractivity contribution < 1.29 is 13.5 Å². The normalized spacial score (nSPS) is 10.8. The fraction of sp³-hybridized carbons (Fsp3) is 0.118. The Morgan fingerprint density at radius 1 is 1.00 bits per heavy atom. The lowest BCUT2D eigenvalue weighted by Gasteiger charge is -2.00. The lowest BCUT2D eigenvalue weighted by atomic mass is 10.1. The van der Waals surface area contributed by atoms with Gasteiger partial charge >= 0.3 is 11.5 Å². The Labute approximate surface area is 116 Å². The molecule has 0 bridgehead atoms. The van der Waals surface area contributed by atoms with Crippen molar-refractivity contribution >= 4 is 10.8 Å². The van der Waals surface area contributed by atoms with Crippen molar-refractivity contribution in [2.75, 3.05) is 7.11 Å². The van der Waals surface area contributed by atoms with Gasteiger partial charge in [-0.3, -0.25) is 0 Å². The minimum atomic E-state index is -0.256. The molecular formula is C17H14FO2+. The molecule has 0 saturated heterocycles. The van der Waals surface area contributed by atoms with Crippen LogP contribution in [0.15, 0.2) is 52.9 Å². The van der Waals surface area contributed by atoms with Gasteiger partial charge in [-0.2, -0.15) is 0 Å². The molecule has 0 spiro atoms. The van der Waals surface area contributed by atoms with Crippen molar-refractivity contribution in [2.45, 2.75) is 6.92 Å². The van der Waals surface area contributed by atoms with Crippen molar-refractivity contribution in [3.63, 3.8) is 0 Å². The van der Waals surface area contributed by atoms with Crippen molar-refractivity contribution in [3.8, 4) is 17.1 Å². The summed E-state index contributed by atoms with van der Waals surface area (Å²) in [6.07, 6.45) is 0. The van der Waals surface area contributed by atoms with Crippen LogP contribution in [-0.4, -0.2) is 7.11 Å². The Morgan fingerprint density at radius 3 is 2.45 bits per heavy atom. The van der Waals surface area contributed by atoms with Gasteiger partial charge < -0.3 is 4.74 Å². The number of methoxy groups -OCH3 is 1. The summed E-state index contributed by atoms with van der Waals surface area (Å²) in [5.41, 5.74) is 0.958. The summed E-state index contributed by atoms with van der Waals surface area (Å²) >= 11 is 0. The van der Waals surface area contributed by atoms with E-state index in [1.165, 1.54) is 12.1 Å². The van der Waals surface area contributed by atoms with Gasteiger partial charge in [0.2, 0.25) is 0 Å². The third-order valence-corrected chi connectivity index (χ3v) is 3.32. The first kappa shape index (κ1) is 12.6. The molecule has 0 aliphatic carbocycles. The van der Waals surface area contributed by atoms with Crippen LogP contribution in [0.25, 0.3) is 22.1 Å². The molecule has 100 valence electrons. The quantitative estimate of drug-likeness (QED) is 0.621. The molecule has 3 aromatic rings. The highest BCUT2D eigenvalue weighted by atomic mass is 19.1. The lowest BCUT2D eigenvalue weighted by Crippen LogP contribution is -1.86. The topological polar surface area (TPSA) is 20.5 Å². The van der Waals surface area contributed by atoms with E-state index in [0.29, 0.717) is 5.76 Å². The number of halogens is 1. The molecule has 0 aliphatic rings. The first-order valence-corrected chi connectivity index (χ1v) is 6.35. The SMILES string of the molecule is COc1ccc(-c2cc3ccc(F)cc3c(C)[o+]2)cc1. The van der Waals surface area contributed by atoms with E-state index in [1.54, 1.807) is 13.2 Å². The first-order valence-electron chi connectivity index (χ1n) is 6.35. The third kappa shape index (κ3) is 2.23. The fourth-order valence-corrected chi connectivity index (χ4v) is 2.25. The Hall–Kier alpha value is -2.42. The lowest BCUT2D eigenvalue weighted by molar-refractivity contribution is 0.415. The summed E-state index contributed by atoms with van der Waals surface area (Å²) in [6, 6.07) is 14.3. The van der Waals surface area contributed by atoms with Crippen LogP contribution < -0.4 is 4.74 Å². The van der Waals surface area contributed by atoms with Crippen LogP contribution in [0.3, 0.4) is 0 Å². The standard InChI is InChI=1S/C17H14FO2/c1-11-16-10-14(18)6-3-13(16)9-17(20-11)12-4-7-15(19-2)8-5-12/h3-10H,1-2H3/q+1. The summed E-state index contributed by atoms with van der Waals surface area (Å²) in [5.74, 6) is 2.00. The second kappa shape index (κ2) is 4.93. The maximum absolute atomic E-state index is 13.3. The first-order chi connectivity index (χ1) is 9.67. The molecule has 1 heterocycles. The number of aryl methyl sites for hydroxylation is 1. The minimum absolute atomic E-state index is 0.256. The van der Waals surface area contributed by atoms with E-state index in [9.17, 15) is 4.39 Å². The smallest absolute Gasteiger partial charge is 0.360 e. The Morgan fingerprint density at radius 2 is 1.75 bits per heavy atom. The van der Waals surface area contributed by atoms with E-state index in [2.05, 4.69) is 0 Å². The molecule has 0 fully saturated rings. The molecule has 0 atom stereocenters. The van der Waals surface area contributed by atoms with Gasteiger partial charge in [0.05, 0.1) is 31.0 Å². The van der Waals surface area contributed by atoms with Gasteiger partial charge in [-0.05, 0) is 36.4 Å². The summed E-state index contributed by atoms with van der Waals surface area (Å²) in [4.78, 5) is 0. The van der Waals surface area contributed by atoms with Crippen LogP contribution in [0.1, 0.15) is 5.76 Å². The maximum Gasteiger partial charge on any atom is 0.360 e. The monoisotopic (exact) mass is 269 g/mol. The number of benzene rings is 2. The average Bonchev–Trinajstić information content (AvgIpc) is 2.48. The second-order valence-electron chi connectivity index (χ2n) is 4.63. The van der Waals surface area contributed by atoms with Crippen LogP contribution in [0, 0.1) is 12.7 Å². The van der Waals surface area contributed by atoms with Gasteiger partial charge in [0.25, 0.3) is 0 Å².